The minimum atomic E-state index is -3.88. The fraction of sp³-hybridized carbons (Fsp3) is 0. The molecule has 0 aliphatic rings. The molecule has 84 valence electrons. The number of fused-ring (bicyclic) bond motifs is 1. The minimum Gasteiger partial charge on any atom is -0.307 e. The standard InChI is InChI=1S/C8H5ClN2O4S/c9-16(14,15)4-1-2-5-6(3-4)10-8(13)11-7(5)12/h1-3H,(H2,10,11,12,13). The van der Waals surface area contributed by atoms with Crippen molar-refractivity contribution >= 4 is 30.6 Å². The molecule has 0 fully saturated rings. The van der Waals surface area contributed by atoms with Crippen molar-refractivity contribution in [3.8, 4) is 0 Å². The number of nitrogens with one attached hydrogen (secondary N) is 2. The molecule has 1 aromatic heterocycles. The molecule has 1 heterocycles. The van der Waals surface area contributed by atoms with Gasteiger partial charge in [0.25, 0.3) is 14.6 Å². The van der Waals surface area contributed by atoms with Crippen molar-refractivity contribution < 1.29 is 8.42 Å². The quantitative estimate of drug-likeness (QED) is 0.713. The third-order valence-electron chi connectivity index (χ3n) is 1.99. The van der Waals surface area contributed by atoms with Crippen molar-refractivity contribution in [3.05, 3.63) is 39.0 Å². The first-order valence-electron chi connectivity index (χ1n) is 4.09. The molecule has 0 bridgehead atoms. The molecular formula is C8H5ClN2O4S. The maximum absolute atomic E-state index is 11.3. The van der Waals surface area contributed by atoms with E-state index in [0.717, 1.165) is 6.07 Å². The van der Waals surface area contributed by atoms with Crippen LogP contribution in [0.3, 0.4) is 0 Å². The molecule has 2 aromatic rings. The van der Waals surface area contributed by atoms with Crippen LogP contribution in [0.2, 0.25) is 0 Å². The summed E-state index contributed by atoms with van der Waals surface area (Å²) in [7, 11) is 1.25. The number of H-pyrrole nitrogens is 2. The van der Waals surface area contributed by atoms with E-state index in [0.29, 0.717) is 0 Å². The Balaban J connectivity index is 2.92. The topological polar surface area (TPSA) is 99.9 Å². The molecule has 16 heavy (non-hydrogen) atoms. The van der Waals surface area contributed by atoms with Crippen LogP contribution >= 0.6 is 10.7 Å². The molecule has 0 saturated carbocycles. The molecule has 0 spiro atoms. The van der Waals surface area contributed by atoms with Gasteiger partial charge >= 0.3 is 5.69 Å². The van der Waals surface area contributed by atoms with Gasteiger partial charge < -0.3 is 4.98 Å². The lowest BCUT2D eigenvalue weighted by Crippen LogP contribution is -2.21. The van der Waals surface area contributed by atoms with E-state index < -0.39 is 20.3 Å². The van der Waals surface area contributed by atoms with E-state index in [1.807, 2.05) is 4.98 Å². The average Bonchev–Trinajstić information content (AvgIpc) is 2.15. The zero-order valence-electron chi connectivity index (χ0n) is 7.65. The van der Waals surface area contributed by atoms with Crippen LogP contribution in [0, 0.1) is 0 Å². The fourth-order valence-corrected chi connectivity index (χ4v) is 2.08. The normalized spacial score (nSPS) is 11.8. The summed E-state index contributed by atoms with van der Waals surface area (Å²) in [5.74, 6) is 0. The predicted molar refractivity (Wildman–Crippen MR) is 58.2 cm³/mol. The minimum absolute atomic E-state index is 0.121. The second-order valence-electron chi connectivity index (χ2n) is 3.05. The van der Waals surface area contributed by atoms with Crippen LogP contribution in [0.5, 0.6) is 0 Å². The highest BCUT2D eigenvalue weighted by Gasteiger charge is 2.11. The molecule has 0 amide bonds. The van der Waals surface area contributed by atoms with Gasteiger partial charge in [0.2, 0.25) is 0 Å². The van der Waals surface area contributed by atoms with Crippen LogP contribution in [0.25, 0.3) is 10.9 Å². The zero-order valence-corrected chi connectivity index (χ0v) is 9.22. The first-order chi connectivity index (χ1) is 7.38. The molecule has 2 rings (SSSR count). The van der Waals surface area contributed by atoms with Crippen molar-refractivity contribution in [3.63, 3.8) is 0 Å². The van der Waals surface area contributed by atoms with E-state index in [9.17, 15) is 18.0 Å². The average molecular weight is 261 g/mol. The van der Waals surface area contributed by atoms with Crippen molar-refractivity contribution in [2.24, 2.45) is 0 Å². The van der Waals surface area contributed by atoms with E-state index in [1.54, 1.807) is 0 Å². The summed E-state index contributed by atoms with van der Waals surface area (Å²) in [6.45, 7) is 0. The number of rotatable bonds is 1. The molecule has 6 nitrogen and oxygen atoms in total. The van der Waals surface area contributed by atoms with Gasteiger partial charge in [0.1, 0.15) is 0 Å². The van der Waals surface area contributed by atoms with Gasteiger partial charge in [0.05, 0.1) is 15.8 Å². The van der Waals surface area contributed by atoms with Crippen molar-refractivity contribution in [1.29, 1.82) is 0 Å². The maximum atomic E-state index is 11.3. The van der Waals surface area contributed by atoms with Crippen molar-refractivity contribution in [2.75, 3.05) is 0 Å². The zero-order chi connectivity index (χ0) is 11.9. The molecule has 0 saturated heterocycles. The number of benzene rings is 1. The number of aromatic amines is 2. The molecule has 0 aliphatic heterocycles. The summed E-state index contributed by atoms with van der Waals surface area (Å²) < 4.78 is 22.1. The lowest BCUT2D eigenvalue weighted by molar-refractivity contribution is 0.609. The van der Waals surface area contributed by atoms with Gasteiger partial charge in [-0.3, -0.25) is 9.78 Å². The Kier molecular flexibility index (Phi) is 2.36. The van der Waals surface area contributed by atoms with Gasteiger partial charge in [0, 0.05) is 10.7 Å². The van der Waals surface area contributed by atoms with Crippen LogP contribution in [0.4, 0.5) is 0 Å². The summed E-state index contributed by atoms with van der Waals surface area (Å²) in [5, 5.41) is 0.184. The third-order valence-corrected chi connectivity index (χ3v) is 3.34. The Labute approximate surface area is 93.3 Å². The summed E-state index contributed by atoms with van der Waals surface area (Å²) in [6, 6.07) is 3.60. The number of hydrogen-bond donors (Lipinski definition) is 2. The van der Waals surface area contributed by atoms with Gasteiger partial charge in [-0.05, 0) is 18.2 Å². The molecular weight excluding hydrogens is 256 g/mol. The molecule has 8 heteroatoms. The van der Waals surface area contributed by atoms with Crippen LogP contribution < -0.4 is 11.2 Å². The molecule has 1 aromatic carbocycles. The SMILES string of the molecule is O=c1[nH]c(=O)c2ccc(S(=O)(=O)Cl)cc2[nH]1. The molecule has 0 aliphatic carbocycles. The Morgan fingerprint density at radius 1 is 1.12 bits per heavy atom. The summed E-state index contributed by atoms with van der Waals surface area (Å²) in [5.41, 5.74) is -1.17. The molecule has 0 unspecified atom stereocenters. The number of hydrogen-bond acceptors (Lipinski definition) is 4. The Bertz CT molecular complexity index is 774. The van der Waals surface area contributed by atoms with E-state index in [1.165, 1.54) is 12.1 Å². The summed E-state index contributed by atoms with van der Waals surface area (Å²) >= 11 is 0. The van der Waals surface area contributed by atoms with Gasteiger partial charge in [-0.25, -0.2) is 13.2 Å². The summed E-state index contributed by atoms with van der Waals surface area (Å²) in [4.78, 5) is 26.4. The van der Waals surface area contributed by atoms with Crippen LogP contribution in [0.15, 0.2) is 32.7 Å². The van der Waals surface area contributed by atoms with Gasteiger partial charge in [-0.2, -0.15) is 0 Å². The molecule has 2 N–H and O–H groups in total. The number of halogens is 1. The van der Waals surface area contributed by atoms with Crippen LogP contribution in [0.1, 0.15) is 0 Å². The van der Waals surface area contributed by atoms with E-state index in [2.05, 4.69) is 4.98 Å². The van der Waals surface area contributed by atoms with Crippen LogP contribution in [-0.4, -0.2) is 18.4 Å². The highest BCUT2D eigenvalue weighted by Crippen LogP contribution is 2.17. The third kappa shape index (κ3) is 1.86. The first-order valence-corrected chi connectivity index (χ1v) is 6.40. The Hall–Kier alpha value is -1.60. The van der Waals surface area contributed by atoms with Gasteiger partial charge in [0.15, 0.2) is 0 Å². The maximum Gasteiger partial charge on any atom is 0.326 e. The van der Waals surface area contributed by atoms with Gasteiger partial charge in [-0.1, -0.05) is 0 Å². The van der Waals surface area contributed by atoms with E-state index in [-0.39, 0.29) is 15.8 Å². The Morgan fingerprint density at radius 2 is 1.81 bits per heavy atom. The molecule has 0 atom stereocenters. The Morgan fingerprint density at radius 3 is 2.44 bits per heavy atom. The lowest BCUT2D eigenvalue weighted by Gasteiger charge is -1.98. The molecule has 0 radical (unpaired) electrons. The van der Waals surface area contributed by atoms with Crippen molar-refractivity contribution in [2.45, 2.75) is 4.90 Å². The highest BCUT2D eigenvalue weighted by molar-refractivity contribution is 8.13. The fourth-order valence-electron chi connectivity index (χ4n) is 1.30. The monoisotopic (exact) mass is 260 g/mol. The van der Waals surface area contributed by atoms with Gasteiger partial charge in [-0.15, -0.1) is 0 Å². The van der Waals surface area contributed by atoms with Crippen molar-refractivity contribution in [1.82, 2.24) is 9.97 Å². The number of aromatic nitrogens is 2. The first kappa shape index (κ1) is 10.9. The lowest BCUT2D eigenvalue weighted by atomic mass is 10.2. The second kappa shape index (κ2) is 3.46. The van der Waals surface area contributed by atoms with Crippen LogP contribution in [-0.2, 0) is 9.05 Å². The van der Waals surface area contributed by atoms with E-state index >= 15 is 0 Å². The summed E-state index contributed by atoms with van der Waals surface area (Å²) in [6.07, 6.45) is 0. The smallest absolute Gasteiger partial charge is 0.307 e. The largest absolute Gasteiger partial charge is 0.326 e. The second-order valence-corrected chi connectivity index (χ2v) is 5.62. The predicted octanol–water partition coefficient (Wildman–Crippen LogP) is 0.144. The highest BCUT2D eigenvalue weighted by atomic mass is 35.7. The van der Waals surface area contributed by atoms with E-state index in [4.69, 9.17) is 10.7 Å².